The molecule has 3 rings (SSSR count). The van der Waals surface area contributed by atoms with E-state index in [1.165, 1.54) is 12.1 Å². The van der Waals surface area contributed by atoms with Crippen molar-refractivity contribution < 1.29 is 15.0 Å². The van der Waals surface area contributed by atoms with Crippen molar-refractivity contribution in [3.63, 3.8) is 0 Å². The number of carboxylic acid groups (broad SMARTS) is 1. The number of carbonyl (C=O) groups is 1. The molecule has 1 heterocycles. The van der Waals surface area contributed by atoms with Crippen molar-refractivity contribution in [1.29, 1.82) is 0 Å². The number of nitrogens with zero attached hydrogens (tertiary/aromatic N) is 1. The number of benzene rings is 2. The largest absolute Gasteiger partial charge is 0.508 e. The molecular formula is C18H13NO3. The minimum Gasteiger partial charge on any atom is -0.508 e. The standard InChI is InChI=1S/C18H13NO3/c20-15-7-5-13(6-8-15)16(18(21)22)10-12-9-14-3-1-2-4-17(14)19-11-12/h1-11,20H,(H,21,22). The van der Waals surface area contributed by atoms with E-state index in [0.717, 1.165) is 10.9 Å². The number of rotatable bonds is 3. The van der Waals surface area contributed by atoms with Gasteiger partial charge in [0.1, 0.15) is 5.75 Å². The van der Waals surface area contributed by atoms with E-state index in [9.17, 15) is 15.0 Å². The van der Waals surface area contributed by atoms with Crippen molar-refractivity contribution in [2.24, 2.45) is 0 Å². The van der Waals surface area contributed by atoms with Crippen LogP contribution in [-0.2, 0) is 4.79 Å². The van der Waals surface area contributed by atoms with E-state index in [4.69, 9.17) is 0 Å². The summed E-state index contributed by atoms with van der Waals surface area (Å²) >= 11 is 0. The van der Waals surface area contributed by atoms with Crippen LogP contribution in [0.4, 0.5) is 0 Å². The van der Waals surface area contributed by atoms with E-state index in [-0.39, 0.29) is 11.3 Å². The molecule has 0 atom stereocenters. The summed E-state index contributed by atoms with van der Waals surface area (Å²) in [5, 5.41) is 19.7. The monoisotopic (exact) mass is 291 g/mol. The third-order valence-electron chi connectivity index (χ3n) is 3.33. The Balaban J connectivity index is 2.08. The summed E-state index contributed by atoms with van der Waals surface area (Å²) in [4.78, 5) is 15.8. The van der Waals surface area contributed by atoms with Gasteiger partial charge in [-0.15, -0.1) is 0 Å². The first-order chi connectivity index (χ1) is 10.6. The van der Waals surface area contributed by atoms with Crippen molar-refractivity contribution in [2.75, 3.05) is 0 Å². The van der Waals surface area contributed by atoms with Gasteiger partial charge in [0.2, 0.25) is 0 Å². The lowest BCUT2D eigenvalue weighted by Crippen LogP contribution is -1.99. The van der Waals surface area contributed by atoms with Gasteiger partial charge in [-0.2, -0.15) is 0 Å². The Hall–Kier alpha value is -3.14. The van der Waals surface area contributed by atoms with Gasteiger partial charge in [0.25, 0.3) is 0 Å². The van der Waals surface area contributed by atoms with Gasteiger partial charge in [0.15, 0.2) is 0 Å². The number of carboxylic acids is 1. The van der Waals surface area contributed by atoms with E-state index in [1.54, 1.807) is 24.4 Å². The summed E-state index contributed by atoms with van der Waals surface area (Å²) in [7, 11) is 0. The normalized spacial score (nSPS) is 11.5. The Morgan fingerprint density at radius 3 is 2.50 bits per heavy atom. The fourth-order valence-corrected chi connectivity index (χ4v) is 2.24. The van der Waals surface area contributed by atoms with Crippen LogP contribution >= 0.6 is 0 Å². The van der Waals surface area contributed by atoms with Gasteiger partial charge in [-0.1, -0.05) is 30.3 Å². The van der Waals surface area contributed by atoms with Crippen LogP contribution < -0.4 is 0 Å². The summed E-state index contributed by atoms with van der Waals surface area (Å²) < 4.78 is 0. The van der Waals surface area contributed by atoms with E-state index < -0.39 is 5.97 Å². The lowest BCUT2D eigenvalue weighted by Gasteiger charge is -2.04. The maximum absolute atomic E-state index is 11.5. The molecule has 0 aliphatic carbocycles. The van der Waals surface area contributed by atoms with Crippen LogP contribution in [-0.4, -0.2) is 21.2 Å². The molecule has 0 radical (unpaired) electrons. The first kappa shape index (κ1) is 13.8. The highest BCUT2D eigenvalue weighted by atomic mass is 16.4. The average Bonchev–Trinajstić information content (AvgIpc) is 2.53. The molecule has 2 N–H and O–H groups in total. The number of fused-ring (bicyclic) bond motifs is 1. The van der Waals surface area contributed by atoms with Gasteiger partial charge >= 0.3 is 5.97 Å². The molecule has 0 saturated carbocycles. The third kappa shape index (κ3) is 2.81. The van der Waals surface area contributed by atoms with Crippen LogP contribution in [0.25, 0.3) is 22.6 Å². The van der Waals surface area contributed by atoms with Gasteiger partial charge in [0, 0.05) is 11.6 Å². The molecular weight excluding hydrogens is 278 g/mol. The van der Waals surface area contributed by atoms with Crippen molar-refractivity contribution in [3.8, 4) is 5.75 Å². The smallest absolute Gasteiger partial charge is 0.336 e. The SMILES string of the molecule is O=C(O)C(=Cc1cnc2ccccc2c1)c1ccc(O)cc1. The summed E-state index contributed by atoms with van der Waals surface area (Å²) in [6.07, 6.45) is 3.22. The average molecular weight is 291 g/mol. The fraction of sp³-hybridized carbons (Fsp3) is 0. The number of para-hydroxylation sites is 1. The van der Waals surface area contributed by atoms with Crippen LogP contribution in [0.3, 0.4) is 0 Å². The summed E-state index contributed by atoms with van der Waals surface area (Å²) in [6.45, 7) is 0. The topological polar surface area (TPSA) is 70.4 Å². The number of phenols is 1. The number of phenolic OH excluding ortho intramolecular Hbond substituents is 1. The van der Waals surface area contributed by atoms with Gasteiger partial charge in [-0.05, 0) is 41.5 Å². The number of aromatic nitrogens is 1. The third-order valence-corrected chi connectivity index (χ3v) is 3.33. The zero-order valence-electron chi connectivity index (χ0n) is 11.6. The molecule has 4 heteroatoms. The molecule has 0 unspecified atom stereocenters. The lowest BCUT2D eigenvalue weighted by molar-refractivity contribution is -0.130. The quantitative estimate of drug-likeness (QED) is 0.724. The molecule has 0 spiro atoms. The number of hydrogen-bond donors (Lipinski definition) is 2. The Morgan fingerprint density at radius 2 is 1.77 bits per heavy atom. The minimum atomic E-state index is -1.03. The Kier molecular flexibility index (Phi) is 3.58. The second-order valence-electron chi connectivity index (χ2n) is 4.87. The van der Waals surface area contributed by atoms with Crippen LogP contribution in [0.15, 0.2) is 60.8 Å². The maximum atomic E-state index is 11.5. The van der Waals surface area contributed by atoms with E-state index in [2.05, 4.69) is 4.98 Å². The van der Waals surface area contributed by atoms with E-state index in [1.807, 2.05) is 30.3 Å². The molecule has 108 valence electrons. The van der Waals surface area contributed by atoms with E-state index in [0.29, 0.717) is 11.1 Å². The molecule has 0 bridgehead atoms. The summed E-state index contributed by atoms with van der Waals surface area (Å²) in [5.74, 6) is -0.931. The molecule has 0 fully saturated rings. The first-order valence-electron chi connectivity index (χ1n) is 6.73. The number of aliphatic carboxylic acids is 1. The van der Waals surface area contributed by atoms with Crippen LogP contribution in [0.5, 0.6) is 5.75 Å². The highest BCUT2D eigenvalue weighted by molar-refractivity contribution is 6.20. The predicted octanol–water partition coefficient (Wildman–Crippen LogP) is 3.57. The fourth-order valence-electron chi connectivity index (χ4n) is 2.24. The molecule has 3 aromatic rings. The molecule has 0 aliphatic heterocycles. The van der Waals surface area contributed by atoms with Gasteiger partial charge in [0.05, 0.1) is 11.1 Å². The molecule has 0 saturated heterocycles. The van der Waals surface area contributed by atoms with Crippen molar-refractivity contribution in [2.45, 2.75) is 0 Å². The van der Waals surface area contributed by atoms with Gasteiger partial charge in [-0.3, -0.25) is 4.98 Å². The van der Waals surface area contributed by atoms with Crippen molar-refractivity contribution in [1.82, 2.24) is 4.98 Å². The zero-order valence-corrected chi connectivity index (χ0v) is 11.6. The maximum Gasteiger partial charge on any atom is 0.336 e. The van der Waals surface area contributed by atoms with Crippen LogP contribution in [0.2, 0.25) is 0 Å². The Labute approximate surface area is 127 Å². The second-order valence-corrected chi connectivity index (χ2v) is 4.87. The highest BCUT2D eigenvalue weighted by Gasteiger charge is 2.10. The zero-order chi connectivity index (χ0) is 15.5. The number of aromatic hydroxyl groups is 1. The molecule has 0 aliphatic rings. The predicted molar refractivity (Wildman–Crippen MR) is 85.4 cm³/mol. The minimum absolute atomic E-state index is 0.0980. The van der Waals surface area contributed by atoms with Gasteiger partial charge in [-0.25, -0.2) is 4.79 Å². The van der Waals surface area contributed by atoms with Crippen LogP contribution in [0, 0.1) is 0 Å². The number of pyridine rings is 1. The summed E-state index contributed by atoms with van der Waals surface area (Å²) in [5.41, 5.74) is 2.25. The van der Waals surface area contributed by atoms with Gasteiger partial charge < -0.3 is 10.2 Å². The van der Waals surface area contributed by atoms with Crippen molar-refractivity contribution >= 4 is 28.5 Å². The molecule has 22 heavy (non-hydrogen) atoms. The van der Waals surface area contributed by atoms with E-state index >= 15 is 0 Å². The molecule has 0 amide bonds. The molecule has 1 aromatic heterocycles. The Morgan fingerprint density at radius 1 is 1.05 bits per heavy atom. The lowest BCUT2D eigenvalue weighted by atomic mass is 10.0. The molecule has 4 nitrogen and oxygen atoms in total. The second kappa shape index (κ2) is 5.69. The summed E-state index contributed by atoms with van der Waals surface area (Å²) in [6, 6.07) is 15.6. The Bertz CT molecular complexity index is 867. The highest BCUT2D eigenvalue weighted by Crippen LogP contribution is 2.22. The van der Waals surface area contributed by atoms with Crippen LogP contribution in [0.1, 0.15) is 11.1 Å². The number of hydrogen-bond acceptors (Lipinski definition) is 3. The first-order valence-corrected chi connectivity index (χ1v) is 6.73. The van der Waals surface area contributed by atoms with Crippen molar-refractivity contribution in [3.05, 3.63) is 71.9 Å². The molecule has 2 aromatic carbocycles.